The molecule has 0 aliphatic heterocycles. The molecule has 13 heteroatoms. The molecular formula is C22H22Cl2N4O5S2. The molecule has 0 aliphatic rings. The Balaban J connectivity index is 1.92. The molecule has 0 bridgehead atoms. The molecule has 1 aromatic carbocycles. The van der Waals surface area contributed by atoms with E-state index in [0.29, 0.717) is 23.6 Å². The number of pyridine rings is 1. The van der Waals surface area contributed by atoms with Crippen molar-refractivity contribution >= 4 is 56.6 Å². The van der Waals surface area contributed by atoms with Gasteiger partial charge in [-0.2, -0.15) is 0 Å². The van der Waals surface area contributed by atoms with Crippen LogP contribution in [0.4, 0.5) is 5.82 Å². The van der Waals surface area contributed by atoms with Crippen LogP contribution in [-0.4, -0.2) is 55.4 Å². The molecule has 0 unspecified atom stereocenters. The van der Waals surface area contributed by atoms with Gasteiger partial charge in [0, 0.05) is 24.6 Å². The number of ketones is 1. The maximum absolute atomic E-state index is 13.5. The molecule has 0 fully saturated rings. The summed E-state index contributed by atoms with van der Waals surface area (Å²) in [7, 11) is -2.91. The first kappa shape index (κ1) is 27.2. The predicted molar refractivity (Wildman–Crippen MR) is 135 cm³/mol. The summed E-state index contributed by atoms with van der Waals surface area (Å²) in [6.45, 7) is 1.86. The zero-order valence-corrected chi connectivity index (χ0v) is 22.0. The number of hydrogen-bond acceptors (Lipinski definition) is 9. The summed E-state index contributed by atoms with van der Waals surface area (Å²) in [4.78, 5) is 24.7. The molecule has 3 aromatic rings. The number of halogens is 2. The summed E-state index contributed by atoms with van der Waals surface area (Å²) in [5.74, 6) is -0.211. The Morgan fingerprint density at radius 1 is 1.17 bits per heavy atom. The standard InChI is InChI=1S/C22H22Cl2N4O5S2/c1-3-10-33-14-28(35(30,31)18-8-4-7-16(23)20(18)24)21-22(32-2)27-19(12-26-21)34-13-17(29)15-6-5-9-25-11-15/h4-9,11-12H,3,10,13-14H2,1-2H3. The largest absolute Gasteiger partial charge is 0.478 e. The normalized spacial score (nSPS) is 11.3. The lowest BCUT2D eigenvalue weighted by Gasteiger charge is -2.24. The number of anilines is 1. The van der Waals surface area contributed by atoms with Gasteiger partial charge < -0.3 is 9.47 Å². The highest BCUT2D eigenvalue weighted by Crippen LogP contribution is 2.35. The molecule has 9 nitrogen and oxygen atoms in total. The average molecular weight is 557 g/mol. The number of carbonyl (C=O) groups is 1. The van der Waals surface area contributed by atoms with Gasteiger partial charge in [0.25, 0.3) is 15.9 Å². The Morgan fingerprint density at radius 2 is 1.97 bits per heavy atom. The molecule has 2 aromatic heterocycles. The molecule has 3 rings (SSSR count). The van der Waals surface area contributed by atoms with E-state index < -0.39 is 10.0 Å². The zero-order valence-electron chi connectivity index (χ0n) is 18.8. The highest BCUT2D eigenvalue weighted by molar-refractivity contribution is 7.99. The minimum atomic E-state index is -4.25. The van der Waals surface area contributed by atoms with E-state index in [2.05, 4.69) is 15.0 Å². The monoisotopic (exact) mass is 556 g/mol. The summed E-state index contributed by atoms with van der Waals surface area (Å²) in [5, 5.41) is 0.336. The van der Waals surface area contributed by atoms with E-state index in [-0.39, 0.29) is 44.9 Å². The second-order valence-corrected chi connectivity index (χ2v) is 10.5. The fraction of sp³-hybridized carbons (Fsp3) is 0.273. The molecule has 0 saturated heterocycles. The molecule has 0 saturated carbocycles. The van der Waals surface area contributed by atoms with Crippen molar-refractivity contribution in [3.05, 3.63) is 64.5 Å². The first-order valence-electron chi connectivity index (χ1n) is 10.3. The number of nitrogens with zero attached hydrogens (tertiary/aromatic N) is 4. The van der Waals surface area contributed by atoms with Crippen molar-refractivity contribution in [2.75, 3.05) is 30.5 Å². The SMILES string of the molecule is CCCOCN(c1ncc(SCC(=O)c2cccnc2)nc1OC)S(=O)(=O)c1cccc(Cl)c1Cl. The maximum Gasteiger partial charge on any atom is 0.269 e. The lowest BCUT2D eigenvalue weighted by atomic mass is 10.2. The molecule has 0 amide bonds. The lowest BCUT2D eigenvalue weighted by Crippen LogP contribution is -2.35. The third kappa shape index (κ3) is 6.62. The van der Waals surface area contributed by atoms with Crippen molar-refractivity contribution in [3.8, 4) is 5.88 Å². The topological polar surface area (TPSA) is 112 Å². The van der Waals surface area contributed by atoms with Gasteiger partial charge in [-0.1, -0.05) is 48.0 Å². The van der Waals surface area contributed by atoms with E-state index in [1.165, 1.54) is 37.7 Å². The van der Waals surface area contributed by atoms with Gasteiger partial charge in [0.15, 0.2) is 5.78 Å². The molecule has 0 spiro atoms. The van der Waals surface area contributed by atoms with Gasteiger partial charge >= 0.3 is 0 Å². The third-order valence-electron chi connectivity index (χ3n) is 4.51. The number of benzene rings is 1. The van der Waals surface area contributed by atoms with Crippen LogP contribution in [0, 0.1) is 0 Å². The fourth-order valence-corrected chi connectivity index (χ4v) is 5.58. The Hall–Kier alpha value is -2.44. The molecule has 0 N–H and O–H groups in total. The number of Topliss-reactive ketones (excluding diaryl/α,β-unsaturated/α-hetero) is 1. The van der Waals surface area contributed by atoms with Crippen molar-refractivity contribution in [2.45, 2.75) is 23.3 Å². The summed E-state index contributed by atoms with van der Waals surface area (Å²) in [6, 6.07) is 7.65. The first-order chi connectivity index (χ1) is 16.8. The van der Waals surface area contributed by atoms with Crippen LogP contribution in [0.1, 0.15) is 23.7 Å². The van der Waals surface area contributed by atoms with Crippen molar-refractivity contribution in [1.82, 2.24) is 15.0 Å². The zero-order chi connectivity index (χ0) is 25.4. The number of methoxy groups -OCH3 is 1. The van der Waals surface area contributed by atoms with Crippen LogP contribution in [0.15, 0.2) is 58.8 Å². The van der Waals surface area contributed by atoms with E-state index in [1.807, 2.05) is 6.92 Å². The third-order valence-corrected chi connectivity index (χ3v) is 8.09. The van der Waals surface area contributed by atoms with Gasteiger partial charge in [0.05, 0.1) is 29.1 Å². The van der Waals surface area contributed by atoms with Gasteiger partial charge in [-0.15, -0.1) is 0 Å². The van der Waals surface area contributed by atoms with Crippen molar-refractivity contribution in [3.63, 3.8) is 0 Å². The van der Waals surface area contributed by atoms with E-state index in [1.54, 1.807) is 18.3 Å². The van der Waals surface area contributed by atoms with Gasteiger partial charge in [0.2, 0.25) is 5.82 Å². The van der Waals surface area contributed by atoms with Crippen LogP contribution >= 0.6 is 35.0 Å². The van der Waals surface area contributed by atoms with E-state index in [4.69, 9.17) is 32.7 Å². The van der Waals surface area contributed by atoms with Gasteiger partial charge in [-0.05, 0) is 30.7 Å². The van der Waals surface area contributed by atoms with Crippen LogP contribution in [0.5, 0.6) is 5.88 Å². The Labute approximate surface area is 217 Å². The van der Waals surface area contributed by atoms with Crippen LogP contribution in [-0.2, 0) is 14.8 Å². The molecular weight excluding hydrogens is 535 g/mol. The van der Waals surface area contributed by atoms with Crippen molar-refractivity contribution in [1.29, 1.82) is 0 Å². The number of hydrogen-bond donors (Lipinski definition) is 0. The smallest absolute Gasteiger partial charge is 0.269 e. The number of aromatic nitrogens is 3. The lowest BCUT2D eigenvalue weighted by molar-refractivity contribution is 0.102. The van der Waals surface area contributed by atoms with Gasteiger partial charge in [0.1, 0.15) is 16.7 Å². The van der Waals surface area contributed by atoms with Crippen molar-refractivity contribution in [2.24, 2.45) is 0 Å². The molecule has 2 heterocycles. The van der Waals surface area contributed by atoms with Gasteiger partial charge in [-0.3, -0.25) is 9.78 Å². The first-order valence-corrected chi connectivity index (χ1v) is 13.5. The van der Waals surface area contributed by atoms with E-state index in [0.717, 1.165) is 16.1 Å². The minimum Gasteiger partial charge on any atom is -0.478 e. The highest BCUT2D eigenvalue weighted by atomic mass is 35.5. The minimum absolute atomic E-state index is 0.0642. The number of rotatable bonds is 12. The number of ether oxygens (including phenoxy) is 2. The second kappa shape index (κ2) is 12.5. The summed E-state index contributed by atoms with van der Waals surface area (Å²) in [5.41, 5.74) is 0.472. The maximum atomic E-state index is 13.5. The molecule has 186 valence electrons. The summed E-state index contributed by atoms with van der Waals surface area (Å²) in [6.07, 6.45) is 5.11. The average Bonchev–Trinajstić information content (AvgIpc) is 2.87. The van der Waals surface area contributed by atoms with Crippen LogP contribution in [0.3, 0.4) is 0 Å². The quantitative estimate of drug-likeness (QED) is 0.135. The molecule has 0 radical (unpaired) electrons. The Bertz CT molecular complexity index is 1280. The van der Waals surface area contributed by atoms with Gasteiger partial charge in [-0.25, -0.2) is 22.7 Å². The number of carbonyl (C=O) groups excluding carboxylic acids is 1. The number of sulfonamides is 1. The predicted octanol–water partition coefficient (Wildman–Crippen LogP) is 4.74. The Morgan fingerprint density at radius 3 is 2.66 bits per heavy atom. The molecule has 0 aliphatic carbocycles. The van der Waals surface area contributed by atoms with E-state index in [9.17, 15) is 13.2 Å². The fourth-order valence-electron chi connectivity index (χ4n) is 2.82. The molecule has 0 atom stereocenters. The van der Waals surface area contributed by atoms with Crippen LogP contribution in [0.25, 0.3) is 0 Å². The second-order valence-electron chi connectivity index (χ2n) is 6.94. The summed E-state index contributed by atoms with van der Waals surface area (Å²) < 4.78 is 38.9. The Kier molecular flexibility index (Phi) is 9.70. The van der Waals surface area contributed by atoms with Crippen molar-refractivity contribution < 1.29 is 22.7 Å². The van der Waals surface area contributed by atoms with E-state index >= 15 is 0 Å². The molecule has 35 heavy (non-hydrogen) atoms. The van der Waals surface area contributed by atoms with Crippen LogP contribution < -0.4 is 9.04 Å². The summed E-state index contributed by atoms with van der Waals surface area (Å²) >= 11 is 13.4. The highest BCUT2D eigenvalue weighted by Gasteiger charge is 2.32. The number of thioether (sulfide) groups is 1. The van der Waals surface area contributed by atoms with Crippen LogP contribution in [0.2, 0.25) is 10.0 Å².